The lowest BCUT2D eigenvalue weighted by Gasteiger charge is -2.26. The Bertz CT molecular complexity index is 442. The summed E-state index contributed by atoms with van der Waals surface area (Å²) in [5, 5.41) is 9.39. The fourth-order valence-electron chi connectivity index (χ4n) is 2.76. The van der Waals surface area contributed by atoms with Crippen LogP contribution in [0.25, 0.3) is 6.08 Å². The van der Waals surface area contributed by atoms with Crippen LogP contribution in [0.1, 0.15) is 23.5 Å². The van der Waals surface area contributed by atoms with Crippen LogP contribution in [0, 0.1) is 5.92 Å². The molecular formula is C14H14O. The summed E-state index contributed by atoms with van der Waals surface area (Å²) in [6.07, 6.45) is 7.65. The van der Waals surface area contributed by atoms with Gasteiger partial charge in [-0.05, 0) is 17.5 Å². The van der Waals surface area contributed by atoms with Crippen LogP contribution < -0.4 is 0 Å². The van der Waals surface area contributed by atoms with Crippen molar-refractivity contribution >= 4 is 6.08 Å². The number of rotatable bonds is 1. The van der Waals surface area contributed by atoms with E-state index in [0.29, 0.717) is 5.92 Å². The molecule has 0 aliphatic heterocycles. The van der Waals surface area contributed by atoms with Gasteiger partial charge in [0.2, 0.25) is 0 Å². The van der Waals surface area contributed by atoms with Gasteiger partial charge in [0.1, 0.15) is 0 Å². The number of hydrogen-bond acceptors (Lipinski definition) is 1. The molecule has 2 atom stereocenters. The van der Waals surface area contributed by atoms with Crippen molar-refractivity contribution in [1.82, 2.24) is 0 Å². The van der Waals surface area contributed by atoms with E-state index in [4.69, 9.17) is 0 Å². The Labute approximate surface area is 89.8 Å². The van der Waals surface area contributed by atoms with Gasteiger partial charge in [-0.25, -0.2) is 0 Å². The minimum Gasteiger partial charge on any atom is -0.396 e. The SMILES string of the molecule is OCC1C=CCC2=Cc3ccccc3C21. The molecule has 15 heavy (non-hydrogen) atoms. The van der Waals surface area contributed by atoms with Gasteiger partial charge in [0.15, 0.2) is 0 Å². The summed E-state index contributed by atoms with van der Waals surface area (Å²) in [6, 6.07) is 8.51. The summed E-state index contributed by atoms with van der Waals surface area (Å²) < 4.78 is 0. The van der Waals surface area contributed by atoms with E-state index < -0.39 is 0 Å². The monoisotopic (exact) mass is 198 g/mol. The van der Waals surface area contributed by atoms with E-state index in [1.807, 2.05) is 0 Å². The molecule has 1 aromatic carbocycles. The highest BCUT2D eigenvalue weighted by atomic mass is 16.3. The first-order valence-corrected chi connectivity index (χ1v) is 5.47. The Morgan fingerprint density at radius 3 is 3.00 bits per heavy atom. The van der Waals surface area contributed by atoms with E-state index >= 15 is 0 Å². The van der Waals surface area contributed by atoms with Crippen LogP contribution in [0.4, 0.5) is 0 Å². The van der Waals surface area contributed by atoms with Crippen molar-refractivity contribution in [2.45, 2.75) is 12.3 Å². The number of fused-ring (bicyclic) bond motifs is 3. The maximum atomic E-state index is 9.39. The van der Waals surface area contributed by atoms with E-state index in [9.17, 15) is 5.11 Å². The maximum absolute atomic E-state index is 9.39. The molecule has 0 bridgehead atoms. The van der Waals surface area contributed by atoms with Crippen molar-refractivity contribution in [3.8, 4) is 0 Å². The second kappa shape index (κ2) is 3.35. The van der Waals surface area contributed by atoms with Gasteiger partial charge < -0.3 is 5.11 Å². The molecule has 2 unspecified atom stereocenters. The Balaban J connectivity index is 2.10. The van der Waals surface area contributed by atoms with Crippen LogP contribution in [0.2, 0.25) is 0 Å². The van der Waals surface area contributed by atoms with E-state index in [0.717, 1.165) is 6.42 Å². The summed E-state index contributed by atoms with van der Waals surface area (Å²) >= 11 is 0. The molecule has 0 saturated carbocycles. The Hall–Kier alpha value is -1.34. The first-order valence-electron chi connectivity index (χ1n) is 5.47. The zero-order valence-electron chi connectivity index (χ0n) is 8.56. The van der Waals surface area contributed by atoms with Crippen molar-refractivity contribution in [2.75, 3.05) is 6.61 Å². The Kier molecular flexibility index (Phi) is 2.00. The quantitative estimate of drug-likeness (QED) is 0.688. The zero-order valence-corrected chi connectivity index (χ0v) is 8.56. The molecule has 0 saturated heterocycles. The van der Waals surface area contributed by atoms with Crippen molar-refractivity contribution < 1.29 is 5.11 Å². The molecule has 1 aromatic rings. The van der Waals surface area contributed by atoms with Gasteiger partial charge in [-0.2, -0.15) is 0 Å². The van der Waals surface area contributed by atoms with Crippen LogP contribution >= 0.6 is 0 Å². The molecule has 0 fully saturated rings. The van der Waals surface area contributed by atoms with Gasteiger partial charge >= 0.3 is 0 Å². The highest BCUT2D eigenvalue weighted by Gasteiger charge is 2.31. The van der Waals surface area contributed by atoms with Gasteiger partial charge in [-0.15, -0.1) is 0 Å². The predicted octanol–water partition coefficient (Wildman–Crippen LogP) is 2.74. The van der Waals surface area contributed by atoms with Crippen LogP contribution in [0.5, 0.6) is 0 Å². The molecule has 0 spiro atoms. The molecule has 1 N–H and O–H groups in total. The van der Waals surface area contributed by atoms with Crippen LogP contribution in [-0.2, 0) is 0 Å². The molecule has 0 aromatic heterocycles. The molecule has 0 amide bonds. The fraction of sp³-hybridized carbons (Fsp3) is 0.286. The lowest BCUT2D eigenvalue weighted by molar-refractivity contribution is 0.239. The summed E-state index contributed by atoms with van der Waals surface area (Å²) in [6.45, 7) is 0.243. The maximum Gasteiger partial charge on any atom is 0.0502 e. The van der Waals surface area contributed by atoms with Gasteiger partial charge in [0.05, 0.1) is 6.61 Å². The lowest BCUT2D eigenvalue weighted by atomic mass is 9.79. The van der Waals surface area contributed by atoms with Crippen molar-refractivity contribution in [2.24, 2.45) is 5.92 Å². The molecule has 0 radical (unpaired) electrons. The van der Waals surface area contributed by atoms with Gasteiger partial charge in [0, 0.05) is 11.8 Å². The summed E-state index contributed by atoms with van der Waals surface area (Å²) in [7, 11) is 0. The van der Waals surface area contributed by atoms with Crippen molar-refractivity contribution in [3.63, 3.8) is 0 Å². The number of aliphatic hydroxyl groups is 1. The highest BCUT2D eigenvalue weighted by molar-refractivity contribution is 5.67. The first-order chi connectivity index (χ1) is 7.40. The lowest BCUT2D eigenvalue weighted by Crippen LogP contribution is -2.17. The topological polar surface area (TPSA) is 20.2 Å². The normalized spacial score (nSPS) is 27.1. The standard InChI is InChI=1S/C14H14O/c15-9-12-6-3-5-11-8-10-4-1-2-7-13(10)14(11)12/h1-4,6-8,12,14-15H,5,9H2. The fourth-order valence-corrected chi connectivity index (χ4v) is 2.76. The second-order valence-electron chi connectivity index (χ2n) is 4.30. The predicted molar refractivity (Wildman–Crippen MR) is 61.5 cm³/mol. The van der Waals surface area contributed by atoms with Gasteiger partial charge in [-0.1, -0.05) is 48.1 Å². The Morgan fingerprint density at radius 1 is 1.27 bits per heavy atom. The third-order valence-electron chi connectivity index (χ3n) is 3.45. The van der Waals surface area contributed by atoms with Crippen molar-refractivity contribution in [3.05, 3.63) is 53.1 Å². The molecular weight excluding hydrogens is 184 g/mol. The summed E-state index contributed by atoms with van der Waals surface area (Å²) in [5.74, 6) is 0.699. The molecule has 2 aliphatic rings. The average Bonchev–Trinajstić information content (AvgIpc) is 2.67. The largest absolute Gasteiger partial charge is 0.396 e. The molecule has 76 valence electrons. The first kappa shape index (κ1) is 8.93. The summed E-state index contributed by atoms with van der Waals surface area (Å²) in [5.41, 5.74) is 4.17. The van der Waals surface area contributed by atoms with E-state index in [1.165, 1.54) is 16.7 Å². The smallest absolute Gasteiger partial charge is 0.0502 e. The van der Waals surface area contributed by atoms with Gasteiger partial charge in [0.25, 0.3) is 0 Å². The van der Waals surface area contributed by atoms with Gasteiger partial charge in [-0.3, -0.25) is 0 Å². The Morgan fingerprint density at radius 2 is 2.13 bits per heavy atom. The van der Waals surface area contributed by atoms with E-state index in [1.54, 1.807) is 0 Å². The number of aliphatic hydroxyl groups excluding tert-OH is 1. The summed E-state index contributed by atoms with van der Waals surface area (Å²) in [4.78, 5) is 0. The number of allylic oxidation sites excluding steroid dienone is 2. The molecule has 1 heteroatoms. The average molecular weight is 198 g/mol. The van der Waals surface area contributed by atoms with Crippen molar-refractivity contribution in [1.29, 1.82) is 0 Å². The molecule has 3 rings (SSSR count). The highest BCUT2D eigenvalue weighted by Crippen LogP contribution is 2.45. The molecule has 2 aliphatic carbocycles. The molecule has 0 heterocycles. The minimum absolute atomic E-state index is 0.243. The number of benzene rings is 1. The third kappa shape index (κ3) is 1.27. The van der Waals surface area contributed by atoms with E-state index in [2.05, 4.69) is 42.5 Å². The minimum atomic E-state index is 0.243. The third-order valence-corrected chi connectivity index (χ3v) is 3.45. The zero-order chi connectivity index (χ0) is 10.3. The van der Waals surface area contributed by atoms with Crippen LogP contribution in [0.15, 0.2) is 42.0 Å². The number of hydrogen-bond donors (Lipinski definition) is 1. The second-order valence-corrected chi connectivity index (χ2v) is 4.30. The van der Waals surface area contributed by atoms with Crippen LogP contribution in [0.3, 0.4) is 0 Å². The van der Waals surface area contributed by atoms with E-state index in [-0.39, 0.29) is 12.5 Å². The van der Waals surface area contributed by atoms with Crippen LogP contribution in [-0.4, -0.2) is 11.7 Å². The molecule has 1 nitrogen and oxygen atoms in total.